The number of hydrogen-bond donors (Lipinski definition) is 1. The zero-order chi connectivity index (χ0) is 22.2. The van der Waals surface area contributed by atoms with Crippen molar-refractivity contribution in [2.45, 2.75) is 26.8 Å². The van der Waals surface area contributed by atoms with Crippen molar-refractivity contribution < 1.29 is 9.21 Å². The van der Waals surface area contributed by atoms with Gasteiger partial charge in [0.05, 0.1) is 29.1 Å². The number of fused-ring (bicyclic) bond motifs is 3. The maximum absolute atomic E-state index is 12.8. The maximum Gasteiger partial charge on any atom is 0.297 e. The first-order valence-electron chi connectivity index (χ1n) is 10.3. The molecular formula is C24H21N5O3. The summed E-state index contributed by atoms with van der Waals surface area (Å²) in [5, 5.41) is 8.28. The van der Waals surface area contributed by atoms with Crippen LogP contribution in [-0.4, -0.2) is 25.2 Å². The molecule has 0 atom stereocenters. The third-order valence-electron chi connectivity index (χ3n) is 5.49. The number of benzene rings is 2. The zero-order valence-electron chi connectivity index (χ0n) is 17.7. The molecule has 0 aliphatic heterocycles. The largest absolute Gasteiger partial charge is 0.448 e. The second-order valence-corrected chi connectivity index (χ2v) is 7.61. The molecule has 32 heavy (non-hydrogen) atoms. The first-order valence-corrected chi connectivity index (χ1v) is 10.3. The number of aromatic nitrogens is 4. The van der Waals surface area contributed by atoms with Crippen molar-refractivity contribution in [3.8, 4) is 5.69 Å². The van der Waals surface area contributed by atoms with Crippen LogP contribution in [0.3, 0.4) is 0 Å². The van der Waals surface area contributed by atoms with Gasteiger partial charge in [0.2, 0.25) is 11.5 Å². The fourth-order valence-corrected chi connectivity index (χ4v) is 3.84. The fraction of sp³-hybridized carbons (Fsp3) is 0.167. The molecule has 0 aliphatic carbocycles. The Morgan fingerprint density at radius 3 is 2.62 bits per heavy atom. The predicted molar refractivity (Wildman–Crippen MR) is 122 cm³/mol. The van der Waals surface area contributed by atoms with Gasteiger partial charge in [-0.05, 0) is 38.1 Å². The quantitative estimate of drug-likeness (QED) is 0.458. The normalized spacial score (nSPS) is 11.3. The second-order valence-electron chi connectivity index (χ2n) is 7.61. The third kappa shape index (κ3) is 3.35. The van der Waals surface area contributed by atoms with Crippen LogP contribution in [0.4, 0.5) is 5.69 Å². The van der Waals surface area contributed by atoms with Gasteiger partial charge in [-0.3, -0.25) is 14.2 Å². The smallest absolute Gasteiger partial charge is 0.297 e. The van der Waals surface area contributed by atoms with Gasteiger partial charge in [0.15, 0.2) is 0 Å². The number of amides is 1. The molecule has 0 spiro atoms. The molecule has 3 heterocycles. The van der Waals surface area contributed by atoms with E-state index in [-0.39, 0.29) is 30.0 Å². The number of carbonyl (C=O) groups excluding carboxylic acids is 1. The van der Waals surface area contributed by atoms with E-state index in [0.717, 1.165) is 22.5 Å². The van der Waals surface area contributed by atoms with E-state index in [0.29, 0.717) is 16.8 Å². The van der Waals surface area contributed by atoms with Gasteiger partial charge >= 0.3 is 0 Å². The summed E-state index contributed by atoms with van der Waals surface area (Å²) in [5.41, 5.74) is 4.21. The van der Waals surface area contributed by atoms with Crippen LogP contribution >= 0.6 is 0 Å². The molecule has 0 saturated carbocycles. The number of aryl methyl sites for hydroxylation is 2. The SMILES string of the molecule is Cc1nn(-c2ccccc2)c(C)c1NC(=O)CCn1cnc2c(oc3ccccc32)c1=O. The summed E-state index contributed by atoms with van der Waals surface area (Å²) in [4.78, 5) is 29.8. The molecule has 0 saturated heterocycles. The van der Waals surface area contributed by atoms with Gasteiger partial charge in [-0.15, -0.1) is 0 Å². The summed E-state index contributed by atoms with van der Waals surface area (Å²) >= 11 is 0. The Balaban J connectivity index is 1.34. The van der Waals surface area contributed by atoms with Crippen molar-refractivity contribution in [1.29, 1.82) is 0 Å². The molecule has 0 unspecified atom stereocenters. The van der Waals surface area contributed by atoms with E-state index in [4.69, 9.17) is 4.42 Å². The highest BCUT2D eigenvalue weighted by Gasteiger charge is 2.17. The number of para-hydroxylation sites is 2. The highest BCUT2D eigenvalue weighted by molar-refractivity contribution is 6.01. The highest BCUT2D eigenvalue weighted by Crippen LogP contribution is 2.25. The predicted octanol–water partition coefficient (Wildman–Crippen LogP) is 3.97. The van der Waals surface area contributed by atoms with Gasteiger partial charge in [-0.1, -0.05) is 30.3 Å². The summed E-state index contributed by atoms with van der Waals surface area (Å²) in [6, 6.07) is 17.1. The average molecular weight is 427 g/mol. The van der Waals surface area contributed by atoms with Crippen LogP contribution in [0, 0.1) is 13.8 Å². The lowest BCUT2D eigenvalue weighted by Gasteiger charge is -2.08. The van der Waals surface area contributed by atoms with Gasteiger partial charge in [0.25, 0.3) is 5.56 Å². The van der Waals surface area contributed by atoms with Gasteiger partial charge in [-0.25, -0.2) is 9.67 Å². The molecule has 2 aromatic carbocycles. The Kier molecular flexibility index (Phi) is 4.82. The number of carbonyl (C=O) groups is 1. The van der Waals surface area contributed by atoms with Gasteiger partial charge in [0, 0.05) is 18.4 Å². The van der Waals surface area contributed by atoms with Crippen LogP contribution in [0.25, 0.3) is 27.8 Å². The minimum Gasteiger partial charge on any atom is -0.448 e. The number of hydrogen-bond acceptors (Lipinski definition) is 5. The monoisotopic (exact) mass is 427 g/mol. The van der Waals surface area contributed by atoms with Crippen LogP contribution in [0.5, 0.6) is 0 Å². The zero-order valence-corrected chi connectivity index (χ0v) is 17.7. The summed E-state index contributed by atoms with van der Waals surface area (Å²) in [6.45, 7) is 3.95. The second kappa shape index (κ2) is 7.81. The minimum atomic E-state index is -0.303. The van der Waals surface area contributed by atoms with E-state index in [1.807, 2.05) is 62.4 Å². The van der Waals surface area contributed by atoms with E-state index in [1.54, 1.807) is 10.7 Å². The molecule has 0 radical (unpaired) electrons. The van der Waals surface area contributed by atoms with E-state index < -0.39 is 0 Å². The molecule has 5 aromatic rings. The maximum atomic E-state index is 12.8. The number of nitrogens with zero attached hydrogens (tertiary/aromatic N) is 4. The topological polar surface area (TPSA) is 95.0 Å². The molecule has 160 valence electrons. The van der Waals surface area contributed by atoms with Gasteiger partial charge < -0.3 is 9.73 Å². The molecule has 0 bridgehead atoms. The van der Waals surface area contributed by atoms with E-state index in [9.17, 15) is 9.59 Å². The average Bonchev–Trinajstić information content (AvgIpc) is 3.32. The summed E-state index contributed by atoms with van der Waals surface area (Å²) in [5.74, 6) is -0.208. The highest BCUT2D eigenvalue weighted by atomic mass is 16.3. The van der Waals surface area contributed by atoms with Crippen LogP contribution in [0.1, 0.15) is 17.8 Å². The summed E-state index contributed by atoms with van der Waals surface area (Å²) < 4.78 is 8.90. The Labute approximate surface area is 183 Å². The lowest BCUT2D eigenvalue weighted by molar-refractivity contribution is -0.116. The first kappa shape index (κ1) is 19.7. The first-order chi connectivity index (χ1) is 15.5. The van der Waals surface area contributed by atoms with Crippen molar-refractivity contribution in [3.63, 3.8) is 0 Å². The molecule has 1 amide bonds. The van der Waals surface area contributed by atoms with Crippen molar-refractivity contribution >= 4 is 33.7 Å². The van der Waals surface area contributed by atoms with Crippen LogP contribution < -0.4 is 10.9 Å². The molecule has 8 nitrogen and oxygen atoms in total. The van der Waals surface area contributed by atoms with Crippen LogP contribution in [0.15, 0.2) is 70.1 Å². The van der Waals surface area contributed by atoms with Crippen LogP contribution in [0.2, 0.25) is 0 Å². The Morgan fingerprint density at radius 2 is 1.81 bits per heavy atom. The number of rotatable bonds is 5. The number of nitrogens with one attached hydrogen (secondary N) is 1. The van der Waals surface area contributed by atoms with Gasteiger partial charge in [0.1, 0.15) is 11.1 Å². The Morgan fingerprint density at radius 1 is 1.06 bits per heavy atom. The molecular weight excluding hydrogens is 406 g/mol. The van der Waals surface area contributed by atoms with Crippen molar-refractivity contribution in [1.82, 2.24) is 19.3 Å². The lowest BCUT2D eigenvalue weighted by Crippen LogP contribution is -2.23. The molecule has 5 rings (SSSR count). The van der Waals surface area contributed by atoms with Crippen molar-refractivity contribution in [3.05, 3.63) is 82.7 Å². The van der Waals surface area contributed by atoms with Crippen LogP contribution in [-0.2, 0) is 11.3 Å². The molecule has 8 heteroatoms. The van der Waals surface area contributed by atoms with E-state index in [2.05, 4.69) is 15.4 Å². The van der Waals surface area contributed by atoms with E-state index in [1.165, 1.54) is 10.9 Å². The lowest BCUT2D eigenvalue weighted by atomic mass is 10.2. The number of furan rings is 1. The molecule has 1 N–H and O–H groups in total. The van der Waals surface area contributed by atoms with E-state index >= 15 is 0 Å². The molecule has 3 aromatic heterocycles. The standard InChI is InChI=1S/C24H21N5O3/c1-15-21(16(2)29(27-15)17-8-4-3-5-9-17)26-20(30)12-13-28-14-25-22-18-10-6-7-11-19(18)32-23(22)24(28)31/h3-11,14H,12-13H2,1-2H3,(H,26,30). The molecule has 0 aliphatic rings. The fourth-order valence-electron chi connectivity index (χ4n) is 3.84. The third-order valence-corrected chi connectivity index (χ3v) is 5.49. The summed E-state index contributed by atoms with van der Waals surface area (Å²) in [6.07, 6.45) is 1.58. The summed E-state index contributed by atoms with van der Waals surface area (Å²) in [7, 11) is 0. The number of anilines is 1. The molecule has 0 fully saturated rings. The Hall–Kier alpha value is -4.20. The minimum absolute atomic E-state index is 0.114. The van der Waals surface area contributed by atoms with Crippen molar-refractivity contribution in [2.75, 3.05) is 5.32 Å². The Bertz CT molecular complexity index is 1510. The van der Waals surface area contributed by atoms with Gasteiger partial charge in [-0.2, -0.15) is 5.10 Å². The van der Waals surface area contributed by atoms with Crippen molar-refractivity contribution in [2.24, 2.45) is 0 Å².